The molecule has 9 heteroatoms. The Morgan fingerprint density at radius 1 is 1.17 bits per heavy atom. The molecule has 0 atom stereocenters. The second kappa shape index (κ2) is 6.13. The zero-order valence-corrected chi connectivity index (χ0v) is 12.6. The van der Waals surface area contributed by atoms with Crippen LogP contribution in [0.2, 0.25) is 0 Å². The average molecular weight is 338 g/mol. The van der Waals surface area contributed by atoms with Gasteiger partial charge in [0.1, 0.15) is 5.82 Å². The maximum absolute atomic E-state index is 12.8. The van der Waals surface area contributed by atoms with E-state index >= 15 is 0 Å². The molecule has 0 aliphatic heterocycles. The Bertz CT molecular complexity index is 879. The largest absolute Gasteiger partial charge is 0.270 e. The van der Waals surface area contributed by atoms with Crippen molar-refractivity contribution in [3.05, 3.63) is 69.5 Å². The maximum Gasteiger partial charge on any atom is 0.270 e. The Balaban J connectivity index is 2.31. The van der Waals surface area contributed by atoms with Gasteiger partial charge in [0.25, 0.3) is 21.6 Å². The molecule has 0 unspecified atom stereocenters. The van der Waals surface area contributed by atoms with E-state index in [1.807, 2.05) is 0 Å². The molecule has 0 radical (unpaired) electrons. The van der Waals surface area contributed by atoms with Crippen LogP contribution in [0.4, 0.5) is 10.1 Å². The maximum atomic E-state index is 12.8. The number of nitro benzene ring substituents is 1. The summed E-state index contributed by atoms with van der Waals surface area (Å²) in [5.74, 6) is -1.63. The molecule has 0 bridgehead atoms. The number of amides is 1. The normalized spacial score (nSPS) is 11.0. The van der Waals surface area contributed by atoms with Crippen molar-refractivity contribution >= 4 is 21.6 Å². The van der Waals surface area contributed by atoms with E-state index in [-0.39, 0.29) is 16.1 Å². The Hall–Kier alpha value is -2.81. The number of rotatable bonds is 4. The number of hydrogen-bond acceptors (Lipinski definition) is 5. The number of aryl methyl sites for hydroxylation is 1. The number of carbonyl (C=O) groups excluding carboxylic acids is 1. The number of benzene rings is 2. The lowest BCUT2D eigenvalue weighted by Gasteiger charge is -2.07. The molecule has 1 N–H and O–H groups in total. The number of nitrogens with one attached hydrogen (secondary N) is 1. The molecule has 0 saturated carbocycles. The monoisotopic (exact) mass is 338 g/mol. The Morgan fingerprint density at radius 2 is 1.78 bits per heavy atom. The number of carbonyl (C=O) groups is 1. The Morgan fingerprint density at radius 3 is 2.35 bits per heavy atom. The first-order chi connectivity index (χ1) is 10.7. The topological polar surface area (TPSA) is 106 Å². The third-order valence-corrected chi connectivity index (χ3v) is 4.23. The Labute approximate surface area is 131 Å². The average Bonchev–Trinajstić information content (AvgIpc) is 2.46. The van der Waals surface area contributed by atoms with Crippen molar-refractivity contribution in [2.75, 3.05) is 0 Å². The Kier molecular flexibility index (Phi) is 4.41. The van der Waals surface area contributed by atoms with Gasteiger partial charge in [0.05, 0.1) is 9.82 Å². The van der Waals surface area contributed by atoms with Gasteiger partial charge >= 0.3 is 0 Å². The van der Waals surface area contributed by atoms with E-state index in [2.05, 4.69) is 0 Å². The molecule has 1 amide bonds. The number of nitrogens with zero attached hydrogens (tertiary/aromatic N) is 1. The molecule has 2 rings (SSSR count). The summed E-state index contributed by atoms with van der Waals surface area (Å²) >= 11 is 0. The molecule has 120 valence electrons. The van der Waals surface area contributed by atoms with Gasteiger partial charge < -0.3 is 0 Å². The quantitative estimate of drug-likeness (QED) is 0.679. The minimum absolute atomic E-state index is 0.164. The van der Waals surface area contributed by atoms with Crippen LogP contribution in [0.5, 0.6) is 0 Å². The molecule has 23 heavy (non-hydrogen) atoms. The predicted octanol–water partition coefficient (Wildman–Crippen LogP) is 2.16. The molecule has 0 aromatic heterocycles. The fraction of sp³-hybridized carbons (Fsp3) is 0.0714. The first kappa shape index (κ1) is 16.6. The fourth-order valence-corrected chi connectivity index (χ4v) is 2.83. The van der Waals surface area contributed by atoms with Crippen LogP contribution in [0.3, 0.4) is 0 Å². The SMILES string of the molecule is Cc1cc(C(=O)NS(=O)(=O)c2ccc(F)cc2)cc([N+](=O)[O-])c1. The molecule has 0 saturated heterocycles. The van der Waals surface area contributed by atoms with Gasteiger partial charge in [-0.2, -0.15) is 0 Å². The number of halogens is 1. The van der Waals surface area contributed by atoms with E-state index in [0.717, 1.165) is 30.3 Å². The van der Waals surface area contributed by atoms with Gasteiger partial charge in [-0.05, 0) is 42.8 Å². The highest BCUT2D eigenvalue weighted by molar-refractivity contribution is 7.90. The van der Waals surface area contributed by atoms with Gasteiger partial charge in [0, 0.05) is 17.7 Å². The number of sulfonamides is 1. The summed E-state index contributed by atoms with van der Waals surface area (Å²) in [5.41, 5.74) is -0.0553. The zero-order valence-electron chi connectivity index (χ0n) is 11.8. The highest BCUT2D eigenvalue weighted by Gasteiger charge is 2.20. The third-order valence-electron chi connectivity index (χ3n) is 2.89. The highest BCUT2D eigenvalue weighted by Crippen LogP contribution is 2.17. The van der Waals surface area contributed by atoms with E-state index in [9.17, 15) is 27.7 Å². The van der Waals surface area contributed by atoms with Crippen LogP contribution in [0.1, 0.15) is 15.9 Å². The van der Waals surface area contributed by atoms with Crippen LogP contribution in [0.15, 0.2) is 47.4 Å². The van der Waals surface area contributed by atoms with Crippen molar-refractivity contribution in [2.24, 2.45) is 0 Å². The van der Waals surface area contributed by atoms with Crippen molar-refractivity contribution in [3.8, 4) is 0 Å². The van der Waals surface area contributed by atoms with E-state index in [0.29, 0.717) is 5.56 Å². The first-order valence-corrected chi connectivity index (χ1v) is 7.76. The van der Waals surface area contributed by atoms with Gasteiger partial charge in [-0.15, -0.1) is 0 Å². The van der Waals surface area contributed by atoms with Crippen LogP contribution >= 0.6 is 0 Å². The predicted molar refractivity (Wildman–Crippen MR) is 78.9 cm³/mol. The van der Waals surface area contributed by atoms with Gasteiger partial charge in [-0.1, -0.05) is 0 Å². The van der Waals surface area contributed by atoms with E-state index in [1.54, 1.807) is 4.72 Å². The molecule has 2 aromatic carbocycles. The highest BCUT2D eigenvalue weighted by atomic mass is 32.2. The van der Waals surface area contributed by atoms with Gasteiger partial charge in [0.15, 0.2) is 0 Å². The molecule has 2 aromatic rings. The van der Waals surface area contributed by atoms with E-state index < -0.39 is 26.7 Å². The number of non-ortho nitro benzene ring substituents is 1. The summed E-state index contributed by atoms with van der Waals surface area (Å²) in [5, 5.41) is 10.8. The molecule has 0 aliphatic rings. The van der Waals surface area contributed by atoms with Crippen molar-refractivity contribution in [3.63, 3.8) is 0 Å². The van der Waals surface area contributed by atoms with E-state index in [1.165, 1.54) is 19.1 Å². The standard InChI is InChI=1S/C14H11FN2O5S/c1-9-6-10(8-12(7-9)17(19)20)14(18)16-23(21,22)13-4-2-11(15)3-5-13/h2-8H,1H3,(H,16,18). The van der Waals surface area contributed by atoms with Crippen molar-refractivity contribution in [1.82, 2.24) is 4.72 Å². The molecular weight excluding hydrogens is 327 g/mol. The van der Waals surface area contributed by atoms with Crippen LogP contribution < -0.4 is 4.72 Å². The lowest BCUT2D eigenvalue weighted by Crippen LogP contribution is -2.30. The summed E-state index contributed by atoms with van der Waals surface area (Å²) in [6.45, 7) is 1.54. The van der Waals surface area contributed by atoms with Crippen molar-refractivity contribution in [2.45, 2.75) is 11.8 Å². The molecule has 7 nitrogen and oxygen atoms in total. The molecule has 0 fully saturated rings. The summed E-state index contributed by atoms with van der Waals surface area (Å²) in [7, 11) is -4.21. The molecule has 0 aliphatic carbocycles. The van der Waals surface area contributed by atoms with Crippen molar-refractivity contribution < 1.29 is 22.5 Å². The number of nitro groups is 1. The van der Waals surface area contributed by atoms with Gasteiger partial charge in [-0.25, -0.2) is 17.5 Å². The lowest BCUT2D eigenvalue weighted by molar-refractivity contribution is -0.384. The fourth-order valence-electron chi connectivity index (χ4n) is 1.85. The van der Waals surface area contributed by atoms with E-state index in [4.69, 9.17) is 0 Å². The minimum Gasteiger partial charge on any atom is -0.268 e. The summed E-state index contributed by atoms with van der Waals surface area (Å²) in [4.78, 5) is 21.8. The summed E-state index contributed by atoms with van der Waals surface area (Å²) in [6, 6.07) is 7.44. The van der Waals surface area contributed by atoms with Crippen LogP contribution in [-0.2, 0) is 10.0 Å². The molecule has 0 spiro atoms. The lowest BCUT2D eigenvalue weighted by atomic mass is 10.1. The first-order valence-electron chi connectivity index (χ1n) is 6.28. The zero-order chi connectivity index (χ0) is 17.2. The third kappa shape index (κ3) is 3.89. The second-order valence-corrected chi connectivity index (χ2v) is 6.39. The van der Waals surface area contributed by atoms with Gasteiger partial charge in [0.2, 0.25) is 0 Å². The summed E-state index contributed by atoms with van der Waals surface area (Å²) < 4.78 is 38.7. The molecule has 0 heterocycles. The smallest absolute Gasteiger partial charge is 0.268 e. The van der Waals surface area contributed by atoms with Gasteiger partial charge in [-0.3, -0.25) is 14.9 Å². The van der Waals surface area contributed by atoms with Crippen LogP contribution in [0, 0.1) is 22.9 Å². The van der Waals surface area contributed by atoms with Crippen molar-refractivity contribution in [1.29, 1.82) is 0 Å². The number of hydrogen-bond donors (Lipinski definition) is 1. The minimum atomic E-state index is -4.21. The second-order valence-electron chi connectivity index (χ2n) is 4.70. The van der Waals surface area contributed by atoms with Crippen LogP contribution in [-0.4, -0.2) is 19.2 Å². The molecular formula is C14H11FN2O5S. The summed E-state index contributed by atoms with van der Waals surface area (Å²) in [6.07, 6.45) is 0. The van der Waals surface area contributed by atoms with Crippen LogP contribution in [0.25, 0.3) is 0 Å².